The second-order valence-corrected chi connectivity index (χ2v) is 7.99. The van der Waals surface area contributed by atoms with Crippen molar-refractivity contribution >= 4 is 5.97 Å². The standard InChI is InChI=1S/C23H23NO4/c1-24-12-11-23-10-9-17(27-22(26)15-5-3-2-4-6-15)13-19(23)28-21-18(25)8-7-16(14-24)20(21)23/h2-10,17,19,25H,11-14H2,1H3/t17-,19-,23-/m0/s1. The molecule has 0 saturated heterocycles. The first kappa shape index (κ1) is 17.3. The Morgan fingerprint density at radius 2 is 2.07 bits per heavy atom. The Kier molecular flexibility index (Phi) is 3.95. The zero-order valence-corrected chi connectivity index (χ0v) is 15.8. The molecule has 1 N–H and O–H groups in total. The Bertz CT molecular complexity index is 955. The summed E-state index contributed by atoms with van der Waals surface area (Å²) in [6, 6.07) is 12.7. The van der Waals surface area contributed by atoms with E-state index in [0.29, 0.717) is 17.7 Å². The third kappa shape index (κ3) is 2.61. The number of ether oxygens (including phenoxy) is 2. The van der Waals surface area contributed by atoms with Gasteiger partial charge in [-0.1, -0.05) is 30.3 Å². The molecule has 2 heterocycles. The fraction of sp³-hybridized carbons (Fsp3) is 0.348. The average Bonchev–Trinajstić information content (AvgIpc) is 2.97. The van der Waals surface area contributed by atoms with Gasteiger partial charge in [-0.25, -0.2) is 4.79 Å². The van der Waals surface area contributed by atoms with Crippen LogP contribution in [0.4, 0.5) is 0 Å². The first-order valence-corrected chi connectivity index (χ1v) is 9.73. The molecule has 0 bridgehead atoms. The summed E-state index contributed by atoms with van der Waals surface area (Å²) >= 11 is 0. The summed E-state index contributed by atoms with van der Waals surface area (Å²) in [6.07, 6.45) is 5.14. The predicted molar refractivity (Wildman–Crippen MR) is 105 cm³/mol. The third-order valence-electron chi connectivity index (χ3n) is 6.19. The number of hydrogen-bond donors (Lipinski definition) is 1. The highest BCUT2D eigenvalue weighted by molar-refractivity contribution is 5.89. The van der Waals surface area contributed by atoms with Crippen LogP contribution in [0.2, 0.25) is 0 Å². The number of phenols is 1. The molecule has 1 aliphatic carbocycles. The van der Waals surface area contributed by atoms with Crippen LogP contribution >= 0.6 is 0 Å². The minimum atomic E-state index is -0.343. The van der Waals surface area contributed by atoms with Gasteiger partial charge in [0.15, 0.2) is 11.5 Å². The quantitative estimate of drug-likeness (QED) is 0.642. The molecular formula is C23H23NO4. The van der Waals surface area contributed by atoms with Crippen LogP contribution in [0.25, 0.3) is 0 Å². The van der Waals surface area contributed by atoms with Gasteiger partial charge in [0.2, 0.25) is 0 Å². The molecule has 28 heavy (non-hydrogen) atoms. The maximum absolute atomic E-state index is 12.4. The van der Waals surface area contributed by atoms with E-state index in [2.05, 4.69) is 18.0 Å². The first-order chi connectivity index (χ1) is 13.6. The lowest BCUT2D eigenvalue weighted by atomic mass is 9.69. The Labute approximate surface area is 164 Å². The van der Waals surface area contributed by atoms with Crippen LogP contribution in [0, 0.1) is 0 Å². The summed E-state index contributed by atoms with van der Waals surface area (Å²) in [6.45, 7) is 1.77. The van der Waals surface area contributed by atoms with Crippen molar-refractivity contribution in [1.29, 1.82) is 0 Å². The summed E-state index contributed by atoms with van der Waals surface area (Å²) in [4.78, 5) is 14.7. The highest BCUT2D eigenvalue weighted by atomic mass is 16.5. The van der Waals surface area contributed by atoms with E-state index in [9.17, 15) is 9.90 Å². The average molecular weight is 377 g/mol. The highest BCUT2D eigenvalue weighted by Crippen LogP contribution is 2.55. The summed E-state index contributed by atoms with van der Waals surface area (Å²) in [5.74, 6) is 0.451. The van der Waals surface area contributed by atoms with Crippen LogP contribution in [0.5, 0.6) is 11.5 Å². The molecule has 1 spiro atoms. The lowest BCUT2D eigenvalue weighted by Crippen LogP contribution is -2.43. The smallest absolute Gasteiger partial charge is 0.338 e. The Hall–Kier alpha value is -2.79. The zero-order chi connectivity index (χ0) is 19.3. The van der Waals surface area contributed by atoms with Crippen molar-refractivity contribution in [3.8, 4) is 11.5 Å². The monoisotopic (exact) mass is 377 g/mol. The number of carbonyl (C=O) groups excluding carboxylic acids is 1. The molecule has 0 unspecified atom stereocenters. The molecule has 2 aromatic carbocycles. The third-order valence-corrected chi connectivity index (χ3v) is 6.19. The van der Waals surface area contributed by atoms with Gasteiger partial charge in [-0.15, -0.1) is 0 Å². The minimum Gasteiger partial charge on any atom is -0.504 e. The molecule has 144 valence electrons. The highest BCUT2D eigenvalue weighted by Gasteiger charge is 2.53. The molecule has 0 saturated carbocycles. The number of hydrogen-bond acceptors (Lipinski definition) is 5. The van der Waals surface area contributed by atoms with Gasteiger partial charge in [0.25, 0.3) is 0 Å². The first-order valence-electron chi connectivity index (χ1n) is 9.73. The van der Waals surface area contributed by atoms with E-state index >= 15 is 0 Å². The van der Waals surface area contributed by atoms with E-state index in [-0.39, 0.29) is 29.3 Å². The van der Waals surface area contributed by atoms with Crippen LogP contribution in [0.1, 0.15) is 34.3 Å². The molecule has 0 aromatic heterocycles. The maximum Gasteiger partial charge on any atom is 0.338 e. The predicted octanol–water partition coefficient (Wildman–Crippen LogP) is 3.41. The number of nitrogens with zero attached hydrogens (tertiary/aromatic N) is 1. The second-order valence-electron chi connectivity index (χ2n) is 7.99. The summed E-state index contributed by atoms with van der Waals surface area (Å²) in [5, 5.41) is 10.4. The number of carbonyl (C=O) groups is 1. The van der Waals surface area contributed by atoms with Crippen LogP contribution in [-0.2, 0) is 16.7 Å². The van der Waals surface area contributed by atoms with E-state index < -0.39 is 0 Å². The van der Waals surface area contributed by atoms with E-state index in [1.54, 1.807) is 18.2 Å². The van der Waals surface area contributed by atoms with Crippen molar-refractivity contribution in [3.63, 3.8) is 0 Å². The van der Waals surface area contributed by atoms with Gasteiger partial charge in [-0.05, 0) is 49.9 Å². The Morgan fingerprint density at radius 1 is 1.25 bits per heavy atom. The number of benzene rings is 2. The van der Waals surface area contributed by atoms with Crippen molar-refractivity contribution in [2.45, 2.75) is 37.0 Å². The Balaban J connectivity index is 1.47. The van der Waals surface area contributed by atoms with Gasteiger partial charge in [0, 0.05) is 18.5 Å². The van der Waals surface area contributed by atoms with Gasteiger partial charge < -0.3 is 19.5 Å². The molecule has 0 fully saturated rings. The molecule has 5 nitrogen and oxygen atoms in total. The molecule has 5 rings (SSSR count). The van der Waals surface area contributed by atoms with Gasteiger partial charge in [0.05, 0.1) is 11.0 Å². The maximum atomic E-state index is 12.4. The number of rotatable bonds is 2. The topological polar surface area (TPSA) is 59.0 Å². The molecule has 2 aromatic rings. The van der Waals surface area contributed by atoms with Gasteiger partial charge in [-0.2, -0.15) is 0 Å². The van der Waals surface area contributed by atoms with Crippen molar-refractivity contribution in [1.82, 2.24) is 4.90 Å². The number of aromatic hydroxyl groups is 1. The zero-order valence-electron chi connectivity index (χ0n) is 15.8. The SMILES string of the molecule is CN1CC[C@@]23C=C[C@H](OC(=O)c4ccccc4)C[C@@H]2Oc2c(O)ccc(c23)C1. The molecule has 3 atom stereocenters. The van der Waals surface area contributed by atoms with Gasteiger partial charge in [0.1, 0.15) is 12.2 Å². The molecule has 2 aliphatic heterocycles. The lowest BCUT2D eigenvalue weighted by molar-refractivity contribution is 0.0218. The minimum absolute atomic E-state index is 0.153. The molecular weight excluding hydrogens is 354 g/mol. The van der Waals surface area contributed by atoms with Crippen LogP contribution in [-0.4, -0.2) is 41.8 Å². The summed E-state index contributed by atoms with van der Waals surface area (Å²) in [5.41, 5.74) is 2.57. The van der Waals surface area contributed by atoms with Gasteiger partial charge >= 0.3 is 5.97 Å². The number of phenolic OH excluding ortho intramolecular Hbond substituents is 1. The lowest BCUT2D eigenvalue weighted by Gasteiger charge is -2.36. The molecule has 0 radical (unpaired) electrons. The number of esters is 1. The fourth-order valence-electron chi connectivity index (χ4n) is 4.78. The van der Waals surface area contributed by atoms with Crippen molar-refractivity contribution in [2.75, 3.05) is 13.6 Å². The fourth-order valence-corrected chi connectivity index (χ4v) is 4.78. The summed E-state index contributed by atoms with van der Waals surface area (Å²) < 4.78 is 12.0. The molecule has 3 aliphatic rings. The van der Waals surface area contributed by atoms with E-state index in [1.165, 1.54) is 5.56 Å². The van der Waals surface area contributed by atoms with Crippen molar-refractivity contribution in [2.24, 2.45) is 0 Å². The summed E-state index contributed by atoms with van der Waals surface area (Å²) in [7, 11) is 2.11. The van der Waals surface area contributed by atoms with Gasteiger partial charge in [-0.3, -0.25) is 0 Å². The van der Waals surface area contributed by atoms with E-state index in [1.807, 2.05) is 30.3 Å². The largest absolute Gasteiger partial charge is 0.504 e. The van der Waals surface area contributed by atoms with Crippen LogP contribution in [0.15, 0.2) is 54.6 Å². The van der Waals surface area contributed by atoms with Crippen molar-refractivity contribution < 1.29 is 19.4 Å². The molecule has 5 heteroatoms. The normalized spacial score (nSPS) is 28.0. The van der Waals surface area contributed by atoms with E-state index in [4.69, 9.17) is 9.47 Å². The van der Waals surface area contributed by atoms with Crippen molar-refractivity contribution in [3.05, 3.63) is 71.3 Å². The second kappa shape index (κ2) is 6.38. The van der Waals surface area contributed by atoms with Crippen LogP contribution in [0.3, 0.4) is 0 Å². The molecule has 0 amide bonds. The van der Waals surface area contributed by atoms with Crippen LogP contribution < -0.4 is 4.74 Å². The Morgan fingerprint density at radius 3 is 2.89 bits per heavy atom. The van der Waals surface area contributed by atoms with E-state index in [0.717, 1.165) is 25.1 Å².